The molecule has 3 rings (SSSR count). The Hall–Kier alpha value is -2.17. The van der Waals surface area contributed by atoms with Crippen LogP contribution >= 0.6 is 0 Å². The highest BCUT2D eigenvalue weighted by Gasteiger charge is 2.29. The summed E-state index contributed by atoms with van der Waals surface area (Å²) in [5, 5.41) is 0.827. The third-order valence-electron chi connectivity index (χ3n) is 4.38. The number of nitrogens with zero attached hydrogens (tertiary/aromatic N) is 2. The highest BCUT2D eigenvalue weighted by Crippen LogP contribution is 2.22. The number of fused-ring (bicyclic) bond motifs is 2. The molecule has 1 aromatic carbocycles. The molecular weight excluding hydrogens is 280 g/mol. The third kappa shape index (κ3) is 2.21. The van der Waals surface area contributed by atoms with E-state index in [1.54, 1.807) is 24.3 Å². The van der Waals surface area contributed by atoms with Crippen LogP contribution in [0.1, 0.15) is 39.2 Å². The average Bonchev–Trinajstić information content (AvgIpc) is 2.74. The molecule has 0 amide bonds. The van der Waals surface area contributed by atoms with Gasteiger partial charge in [-0.25, -0.2) is 9.36 Å². The smallest absolute Gasteiger partial charge is 0.273 e. The standard InChI is InChI=1S/C17H20N2O3/c1-11(2)15(20)14-9-5-6-10-18-16(21)12-7-3-4-8-13(12)17(22)19(14)18/h3-4,7-8,11,14H,5-6,9-10H2,1-2H3. The lowest BCUT2D eigenvalue weighted by Crippen LogP contribution is -2.42. The summed E-state index contributed by atoms with van der Waals surface area (Å²) in [4.78, 5) is 38.1. The molecule has 1 aliphatic heterocycles. The Kier molecular flexibility index (Phi) is 3.72. The molecule has 22 heavy (non-hydrogen) atoms. The third-order valence-corrected chi connectivity index (χ3v) is 4.38. The second-order valence-electron chi connectivity index (χ2n) is 6.19. The second kappa shape index (κ2) is 5.55. The molecule has 1 atom stereocenters. The van der Waals surface area contributed by atoms with Crippen molar-refractivity contribution in [2.75, 3.05) is 0 Å². The molecule has 0 N–H and O–H groups in total. The Morgan fingerprint density at radius 1 is 1.09 bits per heavy atom. The minimum atomic E-state index is -0.535. The number of carbonyl (C=O) groups is 1. The van der Waals surface area contributed by atoms with Crippen molar-refractivity contribution in [2.45, 2.75) is 45.7 Å². The predicted octanol–water partition coefficient (Wildman–Crippen LogP) is 2.11. The highest BCUT2D eigenvalue weighted by molar-refractivity contribution is 5.85. The van der Waals surface area contributed by atoms with Gasteiger partial charge in [0.25, 0.3) is 11.1 Å². The van der Waals surface area contributed by atoms with Gasteiger partial charge in [0.15, 0.2) is 5.78 Å². The molecule has 2 aromatic rings. The number of aromatic nitrogens is 2. The number of rotatable bonds is 2. The molecule has 0 fully saturated rings. The first-order valence-electron chi connectivity index (χ1n) is 7.80. The van der Waals surface area contributed by atoms with Crippen molar-refractivity contribution in [3.05, 3.63) is 45.0 Å². The Bertz CT molecular complexity index is 845. The lowest BCUT2D eigenvalue weighted by Gasteiger charge is -2.22. The minimum absolute atomic E-state index is 0.0208. The van der Waals surface area contributed by atoms with Gasteiger partial charge in [0.05, 0.1) is 10.8 Å². The number of hydrogen-bond acceptors (Lipinski definition) is 3. The zero-order valence-electron chi connectivity index (χ0n) is 12.9. The van der Waals surface area contributed by atoms with E-state index in [0.717, 1.165) is 12.8 Å². The minimum Gasteiger partial charge on any atom is -0.297 e. The van der Waals surface area contributed by atoms with E-state index in [9.17, 15) is 14.4 Å². The maximum absolute atomic E-state index is 12.9. The highest BCUT2D eigenvalue weighted by atomic mass is 16.2. The van der Waals surface area contributed by atoms with Crippen molar-refractivity contribution in [1.29, 1.82) is 0 Å². The van der Waals surface area contributed by atoms with E-state index in [2.05, 4.69) is 0 Å². The molecule has 5 heteroatoms. The lowest BCUT2D eigenvalue weighted by atomic mass is 9.97. The maximum atomic E-state index is 12.9. The van der Waals surface area contributed by atoms with Gasteiger partial charge < -0.3 is 0 Å². The van der Waals surface area contributed by atoms with Crippen LogP contribution in [0.2, 0.25) is 0 Å². The number of Topliss-reactive ketones (excluding diaryl/α,β-unsaturated/α-hetero) is 1. The molecule has 0 bridgehead atoms. The molecule has 0 aliphatic carbocycles. The van der Waals surface area contributed by atoms with E-state index in [-0.39, 0.29) is 22.8 Å². The van der Waals surface area contributed by atoms with E-state index in [1.807, 2.05) is 13.8 Å². The maximum Gasteiger partial charge on any atom is 0.273 e. The van der Waals surface area contributed by atoms with Crippen LogP contribution in [0.4, 0.5) is 0 Å². The van der Waals surface area contributed by atoms with E-state index >= 15 is 0 Å². The molecule has 0 saturated carbocycles. The van der Waals surface area contributed by atoms with E-state index in [0.29, 0.717) is 23.7 Å². The van der Waals surface area contributed by atoms with Crippen LogP contribution in [0.15, 0.2) is 33.9 Å². The van der Waals surface area contributed by atoms with Crippen molar-refractivity contribution >= 4 is 16.6 Å². The second-order valence-corrected chi connectivity index (χ2v) is 6.19. The molecule has 1 aliphatic rings. The zero-order chi connectivity index (χ0) is 15.9. The Balaban J connectivity index is 2.37. The summed E-state index contributed by atoms with van der Waals surface area (Å²) >= 11 is 0. The van der Waals surface area contributed by atoms with Crippen molar-refractivity contribution in [2.24, 2.45) is 5.92 Å². The van der Waals surface area contributed by atoms with Gasteiger partial charge in [-0.15, -0.1) is 0 Å². The predicted molar refractivity (Wildman–Crippen MR) is 85.2 cm³/mol. The summed E-state index contributed by atoms with van der Waals surface area (Å²) in [6.45, 7) is 4.16. The Labute approximate surface area is 128 Å². The molecule has 5 nitrogen and oxygen atoms in total. The van der Waals surface area contributed by atoms with Crippen LogP contribution < -0.4 is 11.1 Å². The van der Waals surface area contributed by atoms with Crippen LogP contribution in [0.3, 0.4) is 0 Å². The first kappa shape index (κ1) is 14.8. The van der Waals surface area contributed by atoms with Crippen molar-refractivity contribution in [1.82, 2.24) is 9.36 Å². The van der Waals surface area contributed by atoms with Gasteiger partial charge in [-0.2, -0.15) is 0 Å². The largest absolute Gasteiger partial charge is 0.297 e. The molecule has 1 unspecified atom stereocenters. The van der Waals surface area contributed by atoms with Crippen LogP contribution in [-0.4, -0.2) is 15.1 Å². The molecule has 0 radical (unpaired) electrons. The summed E-state index contributed by atoms with van der Waals surface area (Å²) in [6, 6.07) is 6.31. The lowest BCUT2D eigenvalue weighted by molar-refractivity contribution is -0.125. The van der Waals surface area contributed by atoms with Crippen LogP contribution in [0.5, 0.6) is 0 Å². The molecule has 2 heterocycles. The van der Waals surface area contributed by atoms with Gasteiger partial charge in [0, 0.05) is 12.5 Å². The van der Waals surface area contributed by atoms with E-state index in [4.69, 9.17) is 0 Å². The van der Waals surface area contributed by atoms with Crippen LogP contribution in [0.25, 0.3) is 10.8 Å². The summed E-state index contributed by atoms with van der Waals surface area (Å²) in [6.07, 6.45) is 2.27. The summed E-state index contributed by atoms with van der Waals surface area (Å²) < 4.78 is 2.89. The van der Waals surface area contributed by atoms with E-state index in [1.165, 1.54) is 9.36 Å². The van der Waals surface area contributed by atoms with Crippen molar-refractivity contribution in [3.63, 3.8) is 0 Å². The molecular formula is C17H20N2O3. The molecule has 116 valence electrons. The SMILES string of the molecule is CC(C)C(=O)C1CCCCn2c(=O)c3ccccc3c(=O)n21. The molecule has 0 spiro atoms. The summed E-state index contributed by atoms with van der Waals surface area (Å²) in [5.41, 5.74) is -0.422. The number of carbonyl (C=O) groups excluding carboxylic acids is 1. The van der Waals surface area contributed by atoms with Gasteiger partial charge in [-0.05, 0) is 31.4 Å². The summed E-state index contributed by atoms with van der Waals surface area (Å²) in [7, 11) is 0. The first-order valence-corrected chi connectivity index (χ1v) is 7.80. The average molecular weight is 300 g/mol. The Morgan fingerprint density at radius 2 is 1.73 bits per heavy atom. The topological polar surface area (TPSA) is 61.1 Å². The van der Waals surface area contributed by atoms with Crippen molar-refractivity contribution < 1.29 is 4.79 Å². The number of benzene rings is 1. The van der Waals surface area contributed by atoms with Crippen LogP contribution in [-0.2, 0) is 11.3 Å². The Morgan fingerprint density at radius 3 is 2.36 bits per heavy atom. The normalized spacial score (nSPS) is 18.2. The first-order chi connectivity index (χ1) is 10.5. The van der Waals surface area contributed by atoms with Gasteiger partial charge in [-0.1, -0.05) is 26.0 Å². The zero-order valence-corrected chi connectivity index (χ0v) is 12.9. The number of hydrogen-bond donors (Lipinski definition) is 0. The van der Waals surface area contributed by atoms with Gasteiger partial charge in [-0.3, -0.25) is 14.4 Å². The fraction of sp³-hybridized carbons (Fsp3) is 0.471. The fourth-order valence-corrected chi connectivity index (χ4v) is 3.21. The molecule has 0 saturated heterocycles. The fourth-order valence-electron chi connectivity index (χ4n) is 3.21. The number of ketones is 1. The van der Waals surface area contributed by atoms with Crippen molar-refractivity contribution in [3.8, 4) is 0 Å². The van der Waals surface area contributed by atoms with Gasteiger partial charge >= 0.3 is 0 Å². The quantitative estimate of drug-likeness (QED) is 0.853. The monoisotopic (exact) mass is 300 g/mol. The van der Waals surface area contributed by atoms with E-state index < -0.39 is 6.04 Å². The summed E-state index contributed by atoms with van der Waals surface area (Å²) in [5.74, 6) is -0.141. The van der Waals surface area contributed by atoms with Crippen LogP contribution in [0, 0.1) is 5.92 Å². The molecule has 1 aromatic heterocycles. The van der Waals surface area contributed by atoms with Gasteiger partial charge in [0.2, 0.25) is 0 Å². The van der Waals surface area contributed by atoms with Gasteiger partial charge in [0.1, 0.15) is 6.04 Å².